The summed E-state index contributed by atoms with van der Waals surface area (Å²) in [5, 5.41) is 3.02. The highest BCUT2D eigenvalue weighted by Gasteiger charge is 2.27. The third-order valence-corrected chi connectivity index (χ3v) is 3.41. The zero-order valence-corrected chi connectivity index (χ0v) is 13.5. The number of alkyl carbamates (subject to hydrolysis) is 1. The Labute approximate surface area is 133 Å². The number of carbonyl (C=O) groups excluding carboxylic acids is 2. The largest absolute Gasteiger partial charge is 0.493 e. The molecule has 0 aliphatic carbocycles. The van der Waals surface area contributed by atoms with Crippen LogP contribution in [0.4, 0.5) is 4.79 Å². The molecule has 1 aromatic rings. The molecule has 0 unspecified atom stereocenters. The van der Waals surface area contributed by atoms with Crippen LogP contribution in [0.25, 0.3) is 0 Å². The van der Waals surface area contributed by atoms with Crippen LogP contribution < -0.4 is 15.8 Å². The summed E-state index contributed by atoms with van der Waals surface area (Å²) in [6, 6.07) is 2.80. The van der Waals surface area contributed by atoms with Crippen molar-refractivity contribution in [1.82, 2.24) is 5.32 Å². The molecule has 0 aromatic heterocycles. The van der Waals surface area contributed by atoms with Crippen LogP contribution in [-0.2, 0) is 4.74 Å². The van der Waals surface area contributed by atoms with Gasteiger partial charge in [0.1, 0.15) is 11.4 Å². The lowest BCUT2D eigenvalue weighted by Crippen LogP contribution is -2.36. The van der Waals surface area contributed by atoms with E-state index in [2.05, 4.69) is 5.32 Å². The lowest BCUT2D eigenvalue weighted by Gasteiger charge is -2.28. The third-order valence-electron chi connectivity index (χ3n) is 3.10. The van der Waals surface area contributed by atoms with Gasteiger partial charge in [0.25, 0.3) is 0 Å². The van der Waals surface area contributed by atoms with E-state index < -0.39 is 17.6 Å². The number of carbonyl (C=O) groups is 2. The van der Waals surface area contributed by atoms with Crippen LogP contribution in [0.2, 0.25) is 5.02 Å². The number of rotatable bonds is 2. The van der Waals surface area contributed by atoms with Crippen molar-refractivity contribution in [2.45, 2.75) is 38.8 Å². The van der Waals surface area contributed by atoms with Crippen LogP contribution in [-0.4, -0.2) is 24.2 Å². The van der Waals surface area contributed by atoms with Crippen molar-refractivity contribution in [3.63, 3.8) is 0 Å². The summed E-state index contributed by atoms with van der Waals surface area (Å²) < 4.78 is 10.8. The fraction of sp³-hybridized carbons (Fsp3) is 0.467. The molecule has 1 aliphatic rings. The summed E-state index contributed by atoms with van der Waals surface area (Å²) in [6.45, 7) is 5.79. The van der Waals surface area contributed by atoms with Crippen molar-refractivity contribution >= 4 is 23.6 Å². The first kappa shape index (κ1) is 16.4. The first-order chi connectivity index (χ1) is 10.2. The molecule has 3 N–H and O–H groups in total. The van der Waals surface area contributed by atoms with Gasteiger partial charge in [0.2, 0.25) is 5.91 Å². The minimum Gasteiger partial charge on any atom is -0.493 e. The highest BCUT2D eigenvalue weighted by Crippen LogP contribution is 2.36. The van der Waals surface area contributed by atoms with Crippen molar-refractivity contribution in [2.24, 2.45) is 5.73 Å². The predicted octanol–water partition coefficient (Wildman–Crippen LogP) is 2.79. The maximum absolute atomic E-state index is 11.9. The number of fused-ring (bicyclic) bond motifs is 1. The summed E-state index contributed by atoms with van der Waals surface area (Å²) in [6.07, 6.45) is 0.0684. The van der Waals surface area contributed by atoms with Crippen LogP contribution >= 0.6 is 11.6 Å². The SMILES string of the molecule is CC(C)(C)OC(=O)N[C@@H]1CCOc2cc(C(N)=O)c(Cl)cc21. The second-order valence-electron chi connectivity index (χ2n) is 6.07. The summed E-state index contributed by atoms with van der Waals surface area (Å²) in [4.78, 5) is 23.2. The molecule has 0 fully saturated rings. The van der Waals surface area contributed by atoms with Crippen molar-refractivity contribution < 1.29 is 19.1 Å². The van der Waals surface area contributed by atoms with E-state index in [1.54, 1.807) is 26.8 Å². The van der Waals surface area contributed by atoms with Crippen molar-refractivity contribution in [3.8, 4) is 5.75 Å². The van der Waals surface area contributed by atoms with E-state index in [0.29, 0.717) is 24.3 Å². The van der Waals surface area contributed by atoms with Gasteiger partial charge in [0.05, 0.1) is 23.2 Å². The highest BCUT2D eigenvalue weighted by molar-refractivity contribution is 6.34. The molecule has 1 atom stereocenters. The Morgan fingerprint density at radius 3 is 2.68 bits per heavy atom. The number of primary amides is 1. The van der Waals surface area contributed by atoms with Crippen LogP contribution in [0.5, 0.6) is 5.75 Å². The maximum Gasteiger partial charge on any atom is 0.408 e. The topological polar surface area (TPSA) is 90.7 Å². The van der Waals surface area contributed by atoms with Gasteiger partial charge in [0, 0.05) is 12.0 Å². The highest BCUT2D eigenvalue weighted by atomic mass is 35.5. The Hall–Kier alpha value is -1.95. The minimum atomic E-state index is -0.626. The Kier molecular flexibility index (Phi) is 4.51. The Bertz CT molecular complexity index is 610. The molecule has 0 spiro atoms. The van der Waals surface area contributed by atoms with Gasteiger partial charge in [0.15, 0.2) is 0 Å². The van der Waals surface area contributed by atoms with Crippen LogP contribution in [0.15, 0.2) is 12.1 Å². The van der Waals surface area contributed by atoms with E-state index in [1.807, 2.05) is 0 Å². The fourth-order valence-corrected chi connectivity index (χ4v) is 2.46. The molecule has 1 aromatic carbocycles. The Morgan fingerprint density at radius 2 is 2.09 bits per heavy atom. The molecule has 1 aliphatic heterocycles. The number of ether oxygens (including phenoxy) is 2. The fourth-order valence-electron chi connectivity index (χ4n) is 2.20. The number of nitrogens with two attached hydrogens (primary N) is 1. The summed E-state index contributed by atoms with van der Waals surface area (Å²) in [7, 11) is 0. The van der Waals surface area contributed by atoms with Crippen LogP contribution in [0.3, 0.4) is 0 Å². The van der Waals surface area contributed by atoms with E-state index in [0.717, 1.165) is 0 Å². The third kappa shape index (κ3) is 3.82. The zero-order chi connectivity index (χ0) is 16.5. The summed E-state index contributed by atoms with van der Waals surface area (Å²) in [5.41, 5.74) is 5.58. The van der Waals surface area contributed by atoms with E-state index in [4.69, 9.17) is 26.8 Å². The average molecular weight is 327 g/mol. The van der Waals surface area contributed by atoms with Gasteiger partial charge in [-0.25, -0.2) is 4.79 Å². The standard InChI is InChI=1S/C15H19ClN2O4/c1-15(2,3)22-14(20)18-11-4-5-21-12-7-8(13(17)19)10(16)6-9(11)12/h6-7,11H,4-5H2,1-3H3,(H2,17,19)(H,18,20)/t11-/m1/s1. The number of nitrogens with one attached hydrogen (secondary N) is 1. The number of benzene rings is 1. The molecule has 2 amide bonds. The lowest BCUT2D eigenvalue weighted by molar-refractivity contribution is 0.0490. The average Bonchev–Trinajstić information content (AvgIpc) is 2.36. The second kappa shape index (κ2) is 6.04. The lowest BCUT2D eigenvalue weighted by atomic mass is 9.98. The van der Waals surface area contributed by atoms with Gasteiger partial charge in [-0.2, -0.15) is 0 Å². The number of amides is 2. The van der Waals surface area contributed by atoms with Gasteiger partial charge >= 0.3 is 6.09 Å². The molecule has 7 heteroatoms. The Morgan fingerprint density at radius 1 is 1.41 bits per heavy atom. The van der Waals surface area contributed by atoms with Crippen molar-refractivity contribution in [3.05, 3.63) is 28.3 Å². The first-order valence-corrected chi connectivity index (χ1v) is 7.31. The molecule has 0 saturated heterocycles. The summed E-state index contributed by atoms with van der Waals surface area (Å²) >= 11 is 6.06. The Balaban J connectivity index is 2.23. The van der Waals surface area contributed by atoms with Crippen molar-refractivity contribution in [2.75, 3.05) is 6.61 Å². The molecule has 0 radical (unpaired) electrons. The van der Waals surface area contributed by atoms with Gasteiger partial charge in [-0.05, 0) is 32.9 Å². The quantitative estimate of drug-likeness (QED) is 0.874. The zero-order valence-electron chi connectivity index (χ0n) is 12.7. The molecule has 0 bridgehead atoms. The molecule has 0 saturated carbocycles. The minimum absolute atomic E-state index is 0.193. The smallest absolute Gasteiger partial charge is 0.408 e. The molecule has 6 nitrogen and oxygen atoms in total. The summed E-state index contributed by atoms with van der Waals surface area (Å²) in [5.74, 6) is -0.135. The second-order valence-corrected chi connectivity index (χ2v) is 6.48. The van der Waals surface area contributed by atoms with E-state index in [9.17, 15) is 9.59 Å². The monoisotopic (exact) mass is 326 g/mol. The van der Waals surface area contributed by atoms with E-state index in [-0.39, 0.29) is 16.6 Å². The van der Waals surface area contributed by atoms with Gasteiger partial charge in [-0.15, -0.1) is 0 Å². The van der Waals surface area contributed by atoms with Gasteiger partial charge < -0.3 is 20.5 Å². The van der Waals surface area contributed by atoms with E-state index in [1.165, 1.54) is 6.07 Å². The van der Waals surface area contributed by atoms with Gasteiger partial charge in [-0.1, -0.05) is 11.6 Å². The number of halogens is 1. The van der Waals surface area contributed by atoms with E-state index >= 15 is 0 Å². The first-order valence-electron chi connectivity index (χ1n) is 6.93. The predicted molar refractivity (Wildman–Crippen MR) is 82.2 cm³/mol. The number of hydrogen-bond donors (Lipinski definition) is 2. The normalized spacial score (nSPS) is 17.2. The van der Waals surface area contributed by atoms with Crippen LogP contribution in [0.1, 0.15) is 49.2 Å². The molecule has 1 heterocycles. The molecular formula is C15H19ClN2O4. The molecule has 120 valence electrons. The molecular weight excluding hydrogens is 308 g/mol. The molecule has 22 heavy (non-hydrogen) atoms. The van der Waals surface area contributed by atoms with Crippen LogP contribution in [0, 0.1) is 0 Å². The molecule has 2 rings (SSSR count). The van der Waals surface area contributed by atoms with Gasteiger partial charge in [-0.3, -0.25) is 4.79 Å². The number of hydrogen-bond acceptors (Lipinski definition) is 4. The maximum atomic E-state index is 11.9. The van der Waals surface area contributed by atoms with Crippen molar-refractivity contribution in [1.29, 1.82) is 0 Å².